The second kappa shape index (κ2) is 6.56. The minimum atomic E-state index is -0.0834. The van der Waals surface area contributed by atoms with Gasteiger partial charge in [-0.1, -0.05) is 22.9 Å². The molecule has 1 saturated carbocycles. The number of carbonyl (C=O) groups is 1. The van der Waals surface area contributed by atoms with Crippen molar-refractivity contribution in [1.29, 1.82) is 0 Å². The minimum Gasteiger partial charge on any atom is -0.338 e. The van der Waals surface area contributed by atoms with Crippen molar-refractivity contribution in [1.82, 2.24) is 25.2 Å². The van der Waals surface area contributed by atoms with Crippen molar-refractivity contribution in [3.63, 3.8) is 0 Å². The van der Waals surface area contributed by atoms with Crippen LogP contribution in [0.5, 0.6) is 0 Å². The normalized spacial score (nSPS) is 21.8. The molecule has 1 aliphatic carbocycles. The van der Waals surface area contributed by atoms with Gasteiger partial charge in [-0.2, -0.15) is 4.98 Å². The van der Waals surface area contributed by atoms with Crippen molar-refractivity contribution in [2.24, 2.45) is 0 Å². The molecule has 0 spiro atoms. The molecular weight excluding hydrogens is 328 g/mol. The van der Waals surface area contributed by atoms with E-state index in [0.717, 1.165) is 49.5 Å². The lowest BCUT2D eigenvalue weighted by molar-refractivity contribution is -0.118. The van der Waals surface area contributed by atoms with E-state index >= 15 is 0 Å². The molecule has 24 heavy (non-hydrogen) atoms. The van der Waals surface area contributed by atoms with Crippen LogP contribution in [0.1, 0.15) is 60.8 Å². The minimum absolute atomic E-state index is 0.0284. The first-order chi connectivity index (χ1) is 11.7. The lowest BCUT2D eigenvalue weighted by atomic mass is 10.0. The van der Waals surface area contributed by atoms with Gasteiger partial charge in [0.15, 0.2) is 5.82 Å². The van der Waals surface area contributed by atoms with Gasteiger partial charge in [0.1, 0.15) is 5.01 Å². The van der Waals surface area contributed by atoms with Crippen molar-refractivity contribution in [3.8, 4) is 0 Å². The van der Waals surface area contributed by atoms with Gasteiger partial charge < -0.3 is 4.52 Å². The van der Waals surface area contributed by atoms with Crippen LogP contribution in [0.15, 0.2) is 4.52 Å². The first-order valence-electron chi connectivity index (χ1n) is 8.36. The fraction of sp³-hybridized carbons (Fsp3) is 0.667. The lowest BCUT2D eigenvalue weighted by Gasteiger charge is -2.32. The Morgan fingerprint density at radius 3 is 2.96 bits per heavy atom. The summed E-state index contributed by atoms with van der Waals surface area (Å²) in [6, 6.07) is 0.0284. The molecule has 0 aromatic carbocycles. The summed E-state index contributed by atoms with van der Waals surface area (Å²) in [7, 11) is 0. The summed E-state index contributed by atoms with van der Waals surface area (Å²) in [5.41, 5.74) is 0. The van der Waals surface area contributed by atoms with Gasteiger partial charge in [-0.05, 0) is 39.2 Å². The summed E-state index contributed by atoms with van der Waals surface area (Å²) in [5, 5.41) is 16.1. The molecule has 8 nitrogen and oxygen atoms in total. The molecule has 2 aromatic heterocycles. The fourth-order valence-corrected chi connectivity index (χ4v) is 3.65. The van der Waals surface area contributed by atoms with Crippen LogP contribution in [0.2, 0.25) is 0 Å². The van der Waals surface area contributed by atoms with Gasteiger partial charge in [-0.15, -0.1) is 10.2 Å². The Balaban J connectivity index is 1.42. The fourth-order valence-electron chi connectivity index (χ4n) is 3.04. The van der Waals surface area contributed by atoms with Gasteiger partial charge in [0, 0.05) is 5.92 Å². The smallest absolute Gasteiger partial charge is 0.244 e. The van der Waals surface area contributed by atoms with E-state index in [-0.39, 0.29) is 11.9 Å². The van der Waals surface area contributed by atoms with Crippen LogP contribution >= 0.6 is 11.3 Å². The summed E-state index contributed by atoms with van der Waals surface area (Å²) >= 11 is 1.38. The predicted octanol–water partition coefficient (Wildman–Crippen LogP) is 2.27. The molecule has 1 amide bonds. The third-order valence-electron chi connectivity index (χ3n) is 4.42. The van der Waals surface area contributed by atoms with Crippen molar-refractivity contribution in [2.75, 3.05) is 18.4 Å². The number of nitrogens with one attached hydrogen (secondary N) is 1. The first kappa shape index (κ1) is 15.6. The van der Waals surface area contributed by atoms with Crippen LogP contribution < -0.4 is 5.32 Å². The Hall–Kier alpha value is -1.87. The van der Waals surface area contributed by atoms with Gasteiger partial charge >= 0.3 is 0 Å². The van der Waals surface area contributed by atoms with Crippen LogP contribution in [0.3, 0.4) is 0 Å². The van der Waals surface area contributed by atoms with E-state index in [0.29, 0.717) is 23.5 Å². The Labute approximate surface area is 143 Å². The van der Waals surface area contributed by atoms with E-state index in [9.17, 15) is 4.79 Å². The first-order valence-corrected chi connectivity index (χ1v) is 9.18. The molecule has 1 saturated heterocycles. The summed E-state index contributed by atoms with van der Waals surface area (Å²) < 4.78 is 5.48. The highest BCUT2D eigenvalue weighted by molar-refractivity contribution is 7.15. The van der Waals surface area contributed by atoms with Crippen LogP contribution in [-0.4, -0.2) is 44.2 Å². The Morgan fingerprint density at radius 2 is 2.21 bits per heavy atom. The summed E-state index contributed by atoms with van der Waals surface area (Å²) in [6.07, 6.45) is 5.43. The van der Waals surface area contributed by atoms with Crippen LogP contribution in [0.4, 0.5) is 5.13 Å². The molecule has 3 heterocycles. The number of rotatable bonds is 5. The van der Waals surface area contributed by atoms with E-state index in [1.807, 2.05) is 6.92 Å². The van der Waals surface area contributed by atoms with Crippen molar-refractivity contribution < 1.29 is 9.32 Å². The predicted molar refractivity (Wildman–Crippen MR) is 87.7 cm³/mol. The molecule has 9 heteroatoms. The summed E-state index contributed by atoms with van der Waals surface area (Å²) in [5.74, 6) is 1.86. The SMILES string of the molecule is Cc1nnc(NC(=O)CN2CCCC[C@@H]2c2nc(C3CC3)no2)s1. The molecule has 0 bridgehead atoms. The third kappa shape index (κ3) is 3.46. The maximum absolute atomic E-state index is 12.3. The monoisotopic (exact) mass is 348 g/mol. The molecule has 0 unspecified atom stereocenters. The zero-order valence-electron chi connectivity index (χ0n) is 13.6. The van der Waals surface area contributed by atoms with E-state index < -0.39 is 0 Å². The maximum Gasteiger partial charge on any atom is 0.244 e. The van der Waals surface area contributed by atoms with Crippen molar-refractivity contribution in [3.05, 3.63) is 16.7 Å². The van der Waals surface area contributed by atoms with E-state index in [1.165, 1.54) is 11.3 Å². The molecule has 2 fully saturated rings. The number of likely N-dealkylation sites (tertiary alicyclic amines) is 1. The largest absolute Gasteiger partial charge is 0.338 e. The number of carbonyl (C=O) groups excluding carboxylic acids is 1. The molecule has 1 atom stereocenters. The van der Waals surface area contributed by atoms with Crippen LogP contribution in [0.25, 0.3) is 0 Å². The highest BCUT2D eigenvalue weighted by Crippen LogP contribution is 2.39. The number of aryl methyl sites for hydroxylation is 1. The number of piperidine rings is 1. The highest BCUT2D eigenvalue weighted by Gasteiger charge is 2.33. The molecule has 1 aliphatic heterocycles. The molecular formula is C15H20N6O2S. The Kier molecular flexibility index (Phi) is 4.28. The lowest BCUT2D eigenvalue weighted by Crippen LogP contribution is -2.39. The molecule has 4 rings (SSSR count). The molecule has 1 N–H and O–H groups in total. The number of hydrogen-bond acceptors (Lipinski definition) is 8. The van der Waals surface area contributed by atoms with Crippen molar-refractivity contribution >= 4 is 22.4 Å². The van der Waals surface area contributed by atoms with Gasteiger partial charge in [-0.3, -0.25) is 15.0 Å². The zero-order valence-corrected chi connectivity index (χ0v) is 14.4. The number of nitrogens with zero attached hydrogens (tertiary/aromatic N) is 5. The van der Waals surface area contributed by atoms with E-state index in [4.69, 9.17) is 4.52 Å². The maximum atomic E-state index is 12.3. The summed E-state index contributed by atoms with van der Waals surface area (Å²) in [6.45, 7) is 3.01. The third-order valence-corrected chi connectivity index (χ3v) is 5.17. The average molecular weight is 348 g/mol. The topological polar surface area (TPSA) is 97.0 Å². The van der Waals surface area contributed by atoms with Crippen LogP contribution in [-0.2, 0) is 4.79 Å². The average Bonchev–Trinajstić information content (AvgIpc) is 3.16. The molecule has 2 aliphatic rings. The highest BCUT2D eigenvalue weighted by atomic mass is 32.1. The second-order valence-corrected chi connectivity index (χ2v) is 7.60. The molecule has 2 aromatic rings. The Bertz CT molecular complexity index is 725. The number of anilines is 1. The van der Waals surface area contributed by atoms with Gasteiger partial charge in [0.25, 0.3) is 0 Å². The van der Waals surface area contributed by atoms with E-state index in [1.54, 1.807) is 0 Å². The summed E-state index contributed by atoms with van der Waals surface area (Å²) in [4.78, 5) is 19.0. The van der Waals surface area contributed by atoms with Crippen LogP contribution in [0, 0.1) is 6.92 Å². The quantitative estimate of drug-likeness (QED) is 0.885. The van der Waals surface area contributed by atoms with Gasteiger partial charge in [0.05, 0.1) is 12.6 Å². The number of amides is 1. The van der Waals surface area contributed by atoms with Gasteiger partial charge in [-0.25, -0.2) is 0 Å². The van der Waals surface area contributed by atoms with E-state index in [2.05, 4.69) is 30.6 Å². The Morgan fingerprint density at radius 1 is 1.33 bits per heavy atom. The standard InChI is InChI=1S/C15H20N6O2S/c1-9-18-19-15(24-9)16-12(22)8-21-7-3-2-4-11(21)14-17-13(20-23-14)10-5-6-10/h10-11H,2-8H2,1H3,(H,16,19,22)/t11-/m1/s1. The number of aromatic nitrogens is 4. The van der Waals surface area contributed by atoms with Gasteiger partial charge in [0.2, 0.25) is 16.9 Å². The van der Waals surface area contributed by atoms with Crippen molar-refractivity contribution in [2.45, 2.75) is 51.0 Å². The molecule has 128 valence electrons. The zero-order chi connectivity index (χ0) is 16.5. The number of hydrogen-bond donors (Lipinski definition) is 1. The molecule has 0 radical (unpaired) electrons. The second-order valence-electron chi connectivity index (χ2n) is 6.42.